The number of aromatic hydroxyl groups is 1. The third kappa shape index (κ3) is 2.24. The second kappa shape index (κ2) is 4.19. The Bertz CT molecular complexity index is 756. The van der Waals surface area contributed by atoms with Crippen LogP contribution in [0, 0.1) is 11.6 Å². The van der Waals surface area contributed by atoms with E-state index < -0.39 is 32.1 Å². The molecule has 0 saturated carbocycles. The number of nitrogen functional groups attached to an aromatic ring is 1. The Morgan fingerprint density at radius 1 is 1.37 bits per heavy atom. The molecule has 0 unspecified atom stereocenters. The number of aromatic nitrogens is 2. The minimum atomic E-state index is -4.14. The van der Waals surface area contributed by atoms with Gasteiger partial charge in [-0.15, -0.1) is 0 Å². The van der Waals surface area contributed by atoms with Gasteiger partial charge in [-0.05, 0) is 6.07 Å². The van der Waals surface area contributed by atoms with Crippen molar-refractivity contribution in [1.29, 1.82) is 0 Å². The molecule has 0 amide bonds. The van der Waals surface area contributed by atoms with Crippen LogP contribution in [0.4, 0.5) is 14.6 Å². The van der Waals surface area contributed by atoms with Gasteiger partial charge in [0.1, 0.15) is 16.5 Å². The number of hydrogen-bond acceptors (Lipinski definition) is 5. The van der Waals surface area contributed by atoms with Gasteiger partial charge in [-0.2, -0.15) is 5.10 Å². The topological polar surface area (TPSA) is 109 Å². The summed E-state index contributed by atoms with van der Waals surface area (Å²) in [6.07, 6.45) is 0.641. The number of nitrogens with zero attached hydrogens (tertiary/aromatic N) is 1. The SMILES string of the molecule is CS(=O)(=O)c1c(F)cc(-c2cc(N)n[nH]2)c(O)c1F. The van der Waals surface area contributed by atoms with E-state index in [1.165, 1.54) is 6.07 Å². The summed E-state index contributed by atoms with van der Waals surface area (Å²) in [6.45, 7) is 0. The first-order chi connectivity index (χ1) is 8.71. The van der Waals surface area contributed by atoms with E-state index in [0.29, 0.717) is 12.3 Å². The summed E-state index contributed by atoms with van der Waals surface area (Å²) in [4.78, 5) is -1.18. The average molecular weight is 289 g/mol. The zero-order chi connectivity index (χ0) is 14.4. The van der Waals surface area contributed by atoms with Crippen molar-refractivity contribution in [2.75, 3.05) is 12.0 Å². The normalized spacial score (nSPS) is 11.7. The molecule has 1 aromatic heterocycles. The number of halogens is 2. The van der Waals surface area contributed by atoms with Crippen LogP contribution in [-0.4, -0.2) is 30.0 Å². The minimum absolute atomic E-state index is 0.0578. The van der Waals surface area contributed by atoms with E-state index in [0.717, 1.165) is 0 Å². The molecule has 0 atom stereocenters. The van der Waals surface area contributed by atoms with Crippen LogP contribution in [0.5, 0.6) is 5.75 Å². The van der Waals surface area contributed by atoms with Gasteiger partial charge in [0.15, 0.2) is 21.4 Å². The van der Waals surface area contributed by atoms with Gasteiger partial charge in [-0.3, -0.25) is 5.10 Å². The molecule has 0 aliphatic rings. The molecule has 9 heteroatoms. The Morgan fingerprint density at radius 2 is 2.00 bits per heavy atom. The summed E-state index contributed by atoms with van der Waals surface area (Å²) in [5.74, 6) is -3.79. The van der Waals surface area contributed by atoms with Gasteiger partial charge >= 0.3 is 0 Å². The number of sulfone groups is 1. The molecule has 0 bridgehead atoms. The maximum absolute atomic E-state index is 13.8. The standard InChI is InChI=1S/C10H9F2N3O3S/c1-19(17,18)10-5(11)2-4(9(16)8(10)12)6-3-7(13)15-14-6/h2-3,16H,1H3,(H3,13,14,15). The van der Waals surface area contributed by atoms with Gasteiger partial charge in [0, 0.05) is 17.9 Å². The highest BCUT2D eigenvalue weighted by Crippen LogP contribution is 2.36. The van der Waals surface area contributed by atoms with Gasteiger partial charge in [-0.25, -0.2) is 17.2 Å². The fourth-order valence-corrected chi connectivity index (χ4v) is 2.45. The Morgan fingerprint density at radius 3 is 2.47 bits per heavy atom. The number of phenols is 1. The molecule has 1 aromatic carbocycles. The maximum atomic E-state index is 13.8. The molecular formula is C10H9F2N3O3S. The van der Waals surface area contributed by atoms with E-state index in [1.54, 1.807) is 0 Å². The van der Waals surface area contributed by atoms with Crippen molar-refractivity contribution >= 4 is 15.7 Å². The number of phenolic OH excluding ortho intramolecular Hbond substituents is 1. The highest BCUT2D eigenvalue weighted by Gasteiger charge is 2.26. The lowest BCUT2D eigenvalue weighted by molar-refractivity contribution is 0.414. The van der Waals surface area contributed by atoms with Crippen LogP contribution in [0.15, 0.2) is 17.0 Å². The molecule has 4 N–H and O–H groups in total. The van der Waals surface area contributed by atoms with Gasteiger partial charge in [0.05, 0.1) is 5.69 Å². The number of benzene rings is 1. The summed E-state index contributed by atoms with van der Waals surface area (Å²) >= 11 is 0. The molecule has 19 heavy (non-hydrogen) atoms. The predicted molar refractivity (Wildman–Crippen MR) is 63.1 cm³/mol. The fraction of sp³-hybridized carbons (Fsp3) is 0.100. The summed E-state index contributed by atoms with van der Waals surface area (Å²) < 4.78 is 50.0. The molecule has 2 rings (SSSR count). The Kier molecular flexibility index (Phi) is 2.93. The zero-order valence-corrected chi connectivity index (χ0v) is 10.4. The van der Waals surface area contributed by atoms with Crippen LogP contribution < -0.4 is 5.73 Å². The second-order valence-electron chi connectivity index (χ2n) is 3.88. The average Bonchev–Trinajstić information content (AvgIpc) is 2.68. The van der Waals surface area contributed by atoms with Crippen molar-refractivity contribution in [2.45, 2.75) is 4.90 Å². The zero-order valence-electron chi connectivity index (χ0n) is 9.61. The maximum Gasteiger partial charge on any atom is 0.187 e. The molecule has 0 saturated heterocycles. The summed E-state index contributed by atoms with van der Waals surface area (Å²) in [6, 6.07) is 1.94. The van der Waals surface area contributed by atoms with Crippen LogP contribution >= 0.6 is 0 Å². The van der Waals surface area contributed by atoms with Crippen molar-refractivity contribution in [2.24, 2.45) is 0 Å². The molecule has 1 heterocycles. The highest BCUT2D eigenvalue weighted by molar-refractivity contribution is 7.90. The second-order valence-corrected chi connectivity index (χ2v) is 5.83. The Hall–Kier alpha value is -2.16. The van der Waals surface area contributed by atoms with Crippen LogP contribution in [0.25, 0.3) is 11.3 Å². The molecule has 0 radical (unpaired) electrons. The largest absolute Gasteiger partial charge is 0.504 e. The van der Waals surface area contributed by atoms with E-state index in [4.69, 9.17) is 5.73 Å². The first-order valence-corrected chi connectivity index (χ1v) is 6.83. The van der Waals surface area contributed by atoms with E-state index >= 15 is 0 Å². The fourth-order valence-electron chi connectivity index (χ4n) is 1.61. The van der Waals surface area contributed by atoms with Crippen molar-refractivity contribution < 1.29 is 22.3 Å². The number of rotatable bonds is 2. The van der Waals surface area contributed by atoms with E-state index in [-0.39, 0.29) is 17.1 Å². The molecule has 102 valence electrons. The van der Waals surface area contributed by atoms with Crippen molar-refractivity contribution in [3.8, 4) is 17.0 Å². The molecular weight excluding hydrogens is 280 g/mol. The van der Waals surface area contributed by atoms with Gasteiger partial charge in [0.25, 0.3) is 0 Å². The lowest BCUT2D eigenvalue weighted by Crippen LogP contribution is -2.05. The third-order valence-corrected chi connectivity index (χ3v) is 3.52. The lowest BCUT2D eigenvalue weighted by atomic mass is 10.1. The molecule has 0 aliphatic carbocycles. The van der Waals surface area contributed by atoms with Crippen LogP contribution in [0.1, 0.15) is 0 Å². The Balaban J connectivity index is 2.75. The molecule has 0 aliphatic heterocycles. The monoisotopic (exact) mass is 289 g/mol. The number of hydrogen-bond donors (Lipinski definition) is 3. The highest BCUT2D eigenvalue weighted by atomic mass is 32.2. The summed E-state index contributed by atoms with van der Waals surface area (Å²) in [5, 5.41) is 15.5. The molecule has 0 spiro atoms. The molecule has 6 nitrogen and oxygen atoms in total. The number of H-pyrrole nitrogens is 1. The molecule has 2 aromatic rings. The lowest BCUT2D eigenvalue weighted by Gasteiger charge is -2.08. The molecule has 0 fully saturated rings. The van der Waals surface area contributed by atoms with Crippen molar-refractivity contribution in [3.63, 3.8) is 0 Å². The van der Waals surface area contributed by atoms with Crippen LogP contribution in [0.3, 0.4) is 0 Å². The number of nitrogens with two attached hydrogens (primary N) is 1. The third-order valence-electron chi connectivity index (χ3n) is 2.41. The predicted octanol–water partition coefficient (Wildman–Crippen LogP) is 1.05. The number of anilines is 1. The van der Waals surface area contributed by atoms with Crippen molar-refractivity contribution in [1.82, 2.24) is 10.2 Å². The smallest absolute Gasteiger partial charge is 0.187 e. The first kappa shape index (κ1) is 13.3. The van der Waals surface area contributed by atoms with Crippen LogP contribution in [-0.2, 0) is 9.84 Å². The van der Waals surface area contributed by atoms with E-state index in [9.17, 15) is 22.3 Å². The van der Waals surface area contributed by atoms with E-state index in [2.05, 4.69) is 10.2 Å². The van der Waals surface area contributed by atoms with Crippen molar-refractivity contribution in [3.05, 3.63) is 23.8 Å². The van der Waals surface area contributed by atoms with Gasteiger partial charge in [0.2, 0.25) is 0 Å². The quantitative estimate of drug-likeness (QED) is 0.765. The van der Waals surface area contributed by atoms with Gasteiger partial charge in [-0.1, -0.05) is 0 Å². The first-order valence-electron chi connectivity index (χ1n) is 4.94. The van der Waals surface area contributed by atoms with Gasteiger partial charge < -0.3 is 10.8 Å². The van der Waals surface area contributed by atoms with Crippen LogP contribution in [0.2, 0.25) is 0 Å². The Labute approximate surface area is 106 Å². The number of nitrogens with one attached hydrogen (secondary N) is 1. The summed E-state index contributed by atoms with van der Waals surface area (Å²) in [7, 11) is -4.14. The van der Waals surface area contributed by atoms with E-state index in [1.807, 2.05) is 0 Å². The minimum Gasteiger partial charge on any atom is -0.504 e. The number of aromatic amines is 1. The summed E-state index contributed by atoms with van der Waals surface area (Å²) in [5.41, 5.74) is 5.13.